The number of amides is 1. The number of nitrogens with zero attached hydrogens (tertiary/aromatic N) is 4. The van der Waals surface area contributed by atoms with Gasteiger partial charge in [-0.25, -0.2) is 4.98 Å². The predicted molar refractivity (Wildman–Crippen MR) is 138 cm³/mol. The molecule has 36 heavy (non-hydrogen) atoms. The highest BCUT2D eigenvalue weighted by Crippen LogP contribution is 2.23. The highest BCUT2D eigenvalue weighted by atomic mass is 35.5. The first-order valence-electron chi connectivity index (χ1n) is 11.3. The number of fused-ring (bicyclic) bond motifs is 1. The lowest BCUT2D eigenvalue weighted by Crippen LogP contribution is -2.28. The topological polar surface area (TPSA) is 103 Å². The van der Waals surface area contributed by atoms with Crippen LogP contribution in [0.4, 0.5) is 0 Å². The summed E-state index contributed by atoms with van der Waals surface area (Å²) in [7, 11) is 0. The molecule has 0 aliphatic carbocycles. The third-order valence-corrected chi connectivity index (χ3v) is 6.00. The van der Waals surface area contributed by atoms with Crippen molar-refractivity contribution in [3.05, 3.63) is 98.9 Å². The molecule has 5 aromatic rings. The Bertz CT molecular complexity index is 1620. The Kier molecular flexibility index (Phi) is 6.35. The molecule has 0 fully saturated rings. The van der Waals surface area contributed by atoms with Crippen LogP contribution in [0.25, 0.3) is 33.9 Å². The molecule has 5 rings (SSSR count). The van der Waals surface area contributed by atoms with Crippen LogP contribution < -0.4 is 10.7 Å². The Hall–Kier alpha value is -4.30. The number of aryl methyl sites for hydroxylation is 2. The fourth-order valence-electron chi connectivity index (χ4n) is 3.80. The smallest absolute Gasteiger partial charge is 0.263 e. The van der Waals surface area contributed by atoms with Crippen LogP contribution in [0.15, 0.2) is 76.2 Å². The van der Waals surface area contributed by atoms with Gasteiger partial charge in [0.2, 0.25) is 17.2 Å². The fourth-order valence-corrected chi connectivity index (χ4v) is 3.93. The molecule has 9 heteroatoms. The standard InChI is InChI=1S/C27H22ClN5O3/c1-16-3-6-18(7-4-16)13-29-23(34)15-33-14-22(24(35)21-12-5-17(2)30-26(21)33)27-31-25(32-36-27)19-8-10-20(28)11-9-19/h3-12,14H,13,15H2,1-2H3,(H,29,34). The van der Waals surface area contributed by atoms with Crippen molar-refractivity contribution in [3.63, 3.8) is 0 Å². The lowest BCUT2D eigenvalue weighted by atomic mass is 10.1. The third-order valence-electron chi connectivity index (χ3n) is 5.74. The first kappa shape index (κ1) is 23.4. The number of hydrogen-bond acceptors (Lipinski definition) is 6. The van der Waals surface area contributed by atoms with Crippen molar-refractivity contribution in [2.45, 2.75) is 26.9 Å². The molecule has 0 aliphatic heterocycles. The van der Waals surface area contributed by atoms with E-state index in [1.54, 1.807) is 47.2 Å². The second-order valence-corrected chi connectivity index (χ2v) is 8.95. The van der Waals surface area contributed by atoms with E-state index >= 15 is 0 Å². The van der Waals surface area contributed by atoms with Crippen molar-refractivity contribution < 1.29 is 9.32 Å². The second-order valence-electron chi connectivity index (χ2n) is 8.52. The summed E-state index contributed by atoms with van der Waals surface area (Å²) < 4.78 is 7.07. The van der Waals surface area contributed by atoms with Crippen LogP contribution in [-0.2, 0) is 17.9 Å². The van der Waals surface area contributed by atoms with Gasteiger partial charge in [-0.1, -0.05) is 46.6 Å². The average Bonchev–Trinajstić information content (AvgIpc) is 3.36. The van der Waals surface area contributed by atoms with E-state index in [-0.39, 0.29) is 29.3 Å². The van der Waals surface area contributed by atoms with Crippen molar-refractivity contribution in [2.75, 3.05) is 0 Å². The molecule has 0 spiro atoms. The lowest BCUT2D eigenvalue weighted by molar-refractivity contribution is -0.121. The van der Waals surface area contributed by atoms with Gasteiger partial charge in [-0.15, -0.1) is 0 Å². The summed E-state index contributed by atoms with van der Waals surface area (Å²) in [5, 5.41) is 7.88. The number of nitrogens with one attached hydrogen (secondary N) is 1. The number of carbonyl (C=O) groups excluding carboxylic acids is 1. The van der Waals surface area contributed by atoms with Crippen LogP contribution in [0.3, 0.4) is 0 Å². The van der Waals surface area contributed by atoms with Crippen LogP contribution in [0.1, 0.15) is 16.8 Å². The molecule has 1 amide bonds. The largest absolute Gasteiger partial charge is 0.350 e. The van der Waals surface area contributed by atoms with Gasteiger partial charge >= 0.3 is 0 Å². The van der Waals surface area contributed by atoms with Gasteiger partial charge in [0, 0.05) is 29.0 Å². The zero-order valence-electron chi connectivity index (χ0n) is 19.7. The van der Waals surface area contributed by atoms with E-state index < -0.39 is 0 Å². The highest BCUT2D eigenvalue weighted by Gasteiger charge is 2.19. The van der Waals surface area contributed by atoms with Gasteiger partial charge < -0.3 is 14.4 Å². The Balaban J connectivity index is 1.48. The molecular weight excluding hydrogens is 478 g/mol. The third kappa shape index (κ3) is 4.89. The maximum atomic E-state index is 13.3. The van der Waals surface area contributed by atoms with Crippen LogP contribution in [0, 0.1) is 13.8 Å². The fraction of sp³-hybridized carbons (Fsp3) is 0.148. The van der Waals surface area contributed by atoms with E-state index in [4.69, 9.17) is 16.1 Å². The molecule has 3 aromatic heterocycles. The number of benzene rings is 2. The molecule has 8 nitrogen and oxygen atoms in total. The van der Waals surface area contributed by atoms with Gasteiger partial charge in [-0.2, -0.15) is 4.98 Å². The quantitative estimate of drug-likeness (QED) is 0.363. The average molecular weight is 500 g/mol. The van der Waals surface area contributed by atoms with Gasteiger partial charge in [0.15, 0.2) is 0 Å². The maximum absolute atomic E-state index is 13.3. The van der Waals surface area contributed by atoms with Crippen molar-refractivity contribution in [2.24, 2.45) is 0 Å². The molecule has 0 aliphatic rings. The van der Waals surface area contributed by atoms with E-state index in [1.165, 1.54) is 0 Å². The van der Waals surface area contributed by atoms with E-state index in [9.17, 15) is 9.59 Å². The van der Waals surface area contributed by atoms with Gasteiger partial charge in [0.1, 0.15) is 17.8 Å². The van der Waals surface area contributed by atoms with Crippen LogP contribution in [0.2, 0.25) is 5.02 Å². The Labute approximate surface area is 211 Å². The summed E-state index contributed by atoms with van der Waals surface area (Å²) in [5.74, 6) is 0.161. The van der Waals surface area contributed by atoms with Gasteiger partial charge in [0.25, 0.3) is 5.89 Å². The Morgan fingerprint density at radius 1 is 1.00 bits per heavy atom. The Morgan fingerprint density at radius 2 is 1.75 bits per heavy atom. The molecule has 0 saturated heterocycles. The molecule has 0 unspecified atom stereocenters. The summed E-state index contributed by atoms with van der Waals surface area (Å²) in [6.45, 7) is 4.20. The number of rotatable bonds is 6. The first-order valence-corrected chi connectivity index (χ1v) is 11.7. The van der Waals surface area contributed by atoms with Crippen LogP contribution in [-0.4, -0.2) is 25.6 Å². The summed E-state index contributed by atoms with van der Waals surface area (Å²) in [6, 6.07) is 18.4. The molecule has 1 N–H and O–H groups in total. The van der Waals surface area contributed by atoms with Crippen molar-refractivity contribution in [1.82, 2.24) is 25.0 Å². The lowest BCUT2D eigenvalue weighted by Gasteiger charge is -2.12. The summed E-state index contributed by atoms with van der Waals surface area (Å²) >= 11 is 5.96. The minimum atomic E-state index is -0.305. The molecule has 0 saturated carbocycles. The maximum Gasteiger partial charge on any atom is 0.263 e. The number of hydrogen-bond donors (Lipinski definition) is 1. The zero-order chi connectivity index (χ0) is 25.2. The monoisotopic (exact) mass is 499 g/mol. The number of aromatic nitrogens is 4. The number of halogens is 1. The highest BCUT2D eigenvalue weighted by molar-refractivity contribution is 6.30. The molecule has 0 atom stereocenters. The van der Waals surface area contributed by atoms with Gasteiger partial charge in [-0.05, 0) is 55.8 Å². The predicted octanol–water partition coefficient (Wildman–Crippen LogP) is 4.70. The Morgan fingerprint density at radius 3 is 2.50 bits per heavy atom. The summed E-state index contributed by atoms with van der Waals surface area (Å²) in [6.07, 6.45) is 1.54. The number of pyridine rings is 2. The molecule has 3 heterocycles. The SMILES string of the molecule is Cc1ccc(CNC(=O)Cn2cc(-c3nc(-c4ccc(Cl)cc4)no3)c(=O)c3ccc(C)nc32)cc1. The van der Waals surface area contributed by atoms with Crippen LogP contribution in [0.5, 0.6) is 0 Å². The van der Waals surface area contributed by atoms with Crippen molar-refractivity contribution in [3.8, 4) is 22.8 Å². The van der Waals surface area contributed by atoms with E-state index in [2.05, 4.69) is 20.4 Å². The van der Waals surface area contributed by atoms with E-state index in [0.29, 0.717) is 34.0 Å². The van der Waals surface area contributed by atoms with Crippen molar-refractivity contribution in [1.29, 1.82) is 0 Å². The van der Waals surface area contributed by atoms with Gasteiger partial charge in [-0.3, -0.25) is 9.59 Å². The van der Waals surface area contributed by atoms with Crippen molar-refractivity contribution >= 4 is 28.5 Å². The summed E-state index contributed by atoms with van der Waals surface area (Å²) in [5.41, 5.74) is 3.86. The molecule has 0 bridgehead atoms. The molecule has 0 radical (unpaired) electrons. The van der Waals surface area contributed by atoms with E-state index in [0.717, 1.165) is 16.8 Å². The minimum absolute atomic E-state index is 0.0374. The van der Waals surface area contributed by atoms with Gasteiger partial charge in [0.05, 0.1) is 5.39 Å². The zero-order valence-corrected chi connectivity index (χ0v) is 20.4. The normalized spacial score (nSPS) is 11.1. The molecular formula is C27H22ClN5O3. The van der Waals surface area contributed by atoms with Crippen LogP contribution >= 0.6 is 11.6 Å². The summed E-state index contributed by atoms with van der Waals surface area (Å²) in [4.78, 5) is 35.1. The first-order chi connectivity index (χ1) is 17.4. The number of carbonyl (C=O) groups is 1. The molecule has 2 aromatic carbocycles. The van der Waals surface area contributed by atoms with E-state index in [1.807, 2.05) is 38.1 Å². The minimum Gasteiger partial charge on any atom is -0.350 e. The second kappa shape index (κ2) is 9.75. The molecule has 180 valence electrons.